The second kappa shape index (κ2) is 2.93. The highest BCUT2D eigenvalue weighted by atomic mass is 17.2. The van der Waals surface area contributed by atoms with Crippen LogP contribution in [-0.2, 0) is 14.6 Å². The number of rotatable bonds is 1. The van der Waals surface area contributed by atoms with Gasteiger partial charge < -0.3 is 0 Å². The van der Waals surface area contributed by atoms with Gasteiger partial charge in [0.1, 0.15) is 18.0 Å². The van der Waals surface area contributed by atoms with Gasteiger partial charge in [-0.1, -0.05) is 30.3 Å². The minimum absolute atomic E-state index is 0.0301. The molecule has 0 N–H and O–H groups in total. The SMILES string of the molecule is O=C1C[C@@H]2OO[C@H](c3ccccc3)[C@@H]3C1[C@@H]32. The molecule has 1 aliphatic heterocycles. The maximum Gasteiger partial charge on any atom is 0.139 e. The molecule has 3 aliphatic rings. The number of Topliss-reactive ketones (excluding diaryl/α,β-unsaturated/α-hetero) is 1. The van der Waals surface area contributed by atoms with Crippen LogP contribution in [0.4, 0.5) is 0 Å². The Kier molecular flexibility index (Phi) is 1.63. The van der Waals surface area contributed by atoms with Crippen molar-refractivity contribution in [1.29, 1.82) is 0 Å². The van der Waals surface area contributed by atoms with E-state index in [1.165, 1.54) is 0 Å². The standard InChI is InChI=1S/C13H12O3/c14-8-6-9-11-10(8)12(11)13(16-15-9)7-4-2-1-3-5-7/h1-5,9-13H,6H2/t9-,10?,11-,12+,13+/m0/s1. The predicted molar refractivity (Wildman–Crippen MR) is 55.2 cm³/mol. The van der Waals surface area contributed by atoms with Gasteiger partial charge in [0.15, 0.2) is 0 Å². The molecule has 2 saturated carbocycles. The number of carbonyl (C=O) groups excluding carboxylic acids is 1. The van der Waals surface area contributed by atoms with Crippen molar-refractivity contribution in [3.8, 4) is 0 Å². The third-order valence-corrected chi connectivity index (χ3v) is 4.10. The first-order chi connectivity index (χ1) is 7.86. The number of benzene rings is 1. The summed E-state index contributed by atoms with van der Waals surface area (Å²) >= 11 is 0. The van der Waals surface area contributed by atoms with Crippen LogP contribution in [0.15, 0.2) is 30.3 Å². The molecular weight excluding hydrogens is 204 g/mol. The van der Waals surface area contributed by atoms with E-state index in [0.717, 1.165) is 5.56 Å². The van der Waals surface area contributed by atoms with Gasteiger partial charge in [0.05, 0.1) is 0 Å². The smallest absolute Gasteiger partial charge is 0.139 e. The molecule has 1 heterocycles. The molecule has 0 aromatic heterocycles. The number of hydrogen-bond donors (Lipinski definition) is 0. The molecule has 3 fully saturated rings. The highest BCUT2D eigenvalue weighted by Crippen LogP contribution is 2.64. The average Bonchev–Trinajstić information content (AvgIpc) is 2.96. The van der Waals surface area contributed by atoms with E-state index in [1.54, 1.807) is 0 Å². The lowest BCUT2D eigenvalue weighted by Crippen LogP contribution is -2.27. The average molecular weight is 216 g/mol. The molecule has 1 saturated heterocycles. The van der Waals surface area contributed by atoms with E-state index in [4.69, 9.17) is 9.78 Å². The summed E-state index contributed by atoms with van der Waals surface area (Å²) in [5.41, 5.74) is 1.12. The Morgan fingerprint density at radius 1 is 1.06 bits per heavy atom. The van der Waals surface area contributed by atoms with Crippen molar-refractivity contribution in [3.63, 3.8) is 0 Å². The Morgan fingerprint density at radius 3 is 2.69 bits per heavy atom. The lowest BCUT2D eigenvalue weighted by Gasteiger charge is -2.27. The molecule has 1 unspecified atom stereocenters. The predicted octanol–water partition coefficient (Wildman–Crippen LogP) is 1.89. The van der Waals surface area contributed by atoms with E-state index in [9.17, 15) is 4.79 Å². The maximum absolute atomic E-state index is 11.7. The Balaban J connectivity index is 1.67. The zero-order valence-electron chi connectivity index (χ0n) is 8.71. The summed E-state index contributed by atoms with van der Waals surface area (Å²) in [6.45, 7) is 0. The van der Waals surface area contributed by atoms with E-state index in [0.29, 0.717) is 24.0 Å². The van der Waals surface area contributed by atoms with E-state index in [-0.39, 0.29) is 18.1 Å². The van der Waals surface area contributed by atoms with E-state index in [2.05, 4.69) is 0 Å². The van der Waals surface area contributed by atoms with E-state index >= 15 is 0 Å². The molecular formula is C13H12O3. The minimum atomic E-state index is -0.0447. The van der Waals surface area contributed by atoms with Crippen LogP contribution in [0.5, 0.6) is 0 Å². The number of carbonyl (C=O) groups is 1. The normalized spacial score (nSPS) is 44.2. The van der Waals surface area contributed by atoms with Crippen molar-refractivity contribution in [2.75, 3.05) is 0 Å². The van der Waals surface area contributed by atoms with Crippen molar-refractivity contribution in [2.45, 2.75) is 18.6 Å². The lowest BCUT2D eigenvalue weighted by atomic mass is 9.98. The monoisotopic (exact) mass is 216 g/mol. The molecule has 1 aromatic carbocycles. The molecule has 5 atom stereocenters. The fourth-order valence-electron chi connectivity index (χ4n) is 3.34. The lowest BCUT2D eigenvalue weighted by molar-refractivity contribution is -0.379. The zero-order chi connectivity index (χ0) is 10.7. The topological polar surface area (TPSA) is 35.5 Å². The van der Waals surface area contributed by atoms with Gasteiger partial charge in [-0.2, -0.15) is 0 Å². The van der Waals surface area contributed by atoms with Crippen LogP contribution >= 0.6 is 0 Å². The molecule has 0 radical (unpaired) electrons. The van der Waals surface area contributed by atoms with Crippen LogP contribution < -0.4 is 0 Å². The van der Waals surface area contributed by atoms with Crippen molar-refractivity contribution in [3.05, 3.63) is 35.9 Å². The Hall–Kier alpha value is -1.19. The third-order valence-electron chi connectivity index (χ3n) is 4.10. The molecule has 3 heteroatoms. The molecule has 0 amide bonds. The van der Waals surface area contributed by atoms with Crippen LogP contribution in [0.25, 0.3) is 0 Å². The zero-order valence-corrected chi connectivity index (χ0v) is 8.71. The first-order valence-corrected chi connectivity index (χ1v) is 5.76. The second-order valence-corrected chi connectivity index (χ2v) is 4.91. The number of fused-ring (bicyclic) bond motifs is 1. The van der Waals surface area contributed by atoms with Gasteiger partial charge in [-0.15, -0.1) is 0 Å². The van der Waals surface area contributed by atoms with Gasteiger partial charge >= 0.3 is 0 Å². The van der Waals surface area contributed by atoms with Crippen molar-refractivity contribution in [1.82, 2.24) is 0 Å². The van der Waals surface area contributed by atoms with E-state index in [1.807, 2.05) is 30.3 Å². The fourth-order valence-corrected chi connectivity index (χ4v) is 3.34. The van der Waals surface area contributed by atoms with Crippen LogP contribution in [0.2, 0.25) is 0 Å². The number of hydrogen-bond acceptors (Lipinski definition) is 3. The maximum atomic E-state index is 11.7. The quantitative estimate of drug-likeness (QED) is 0.672. The first-order valence-electron chi connectivity index (χ1n) is 5.76. The van der Waals surface area contributed by atoms with Crippen LogP contribution in [0.1, 0.15) is 18.1 Å². The van der Waals surface area contributed by atoms with Crippen molar-refractivity contribution >= 4 is 5.78 Å². The summed E-state index contributed by atoms with van der Waals surface area (Å²) in [5.74, 6) is 1.36. The third kappa shape index (κ3) is 1.02. The largest absolute Gasteiger partial charge is 0.299 e. The van der Waals surface area contributed by atoms with E-state index < -0.39 is 0 Å². The van der Waals surface area contributed by atoms with Gasteiger partial charge in [-0.3, -0.25) is 4.79 Å². The summed E-state index contributed by atoms with van der Waals surface area (Å²) in [7, 11) is 0. The highest BCUT2D eigenvalue weighted by molar-refractivity contribution is 5.88. The summed E-state index contributed by atoms with van der Waals surface area (Å²) in [6, 6.07) is 10.0. The molecule has 2 aliphatic carbocycles. The van der Waals surface area contributed by atoms with Gasteiger partial charge in [-0.05, 0) is 5.56 Å². The molecule has 1 aromatic rings. The summed E-state index contributed by atoms with van der Waals surface area (Å²) < 4.78 is 0. The van der Waals surface area contributed by atoms with Crippen molar-refractivity contribution in [2.24, 2.45) is 17.8 Å². The molecule has 0 spiro atoms. The van der Waals surface area contributed by atoms with Crippen molar-refractivity contribution < 1.29 is 14.6 Å². The minimum Gasteiger partial charge on any atom is -0.299 e. The highest BCUT2D eigenvalue weighted by Gasteiger charge is 2.69. The molecule has 3 nitrogen and oxygen atoms in total. The molecule has 82 valence electrons. The van der Waals surface area contributed by atoms with Gasteiger partial charge in [-0.25, -0.2) is 9.78 Å². The Bertz CT molecular complexity index is 442. The van der Waals surface area contributed by atoms with Crippen LogP contribution in [0, 0.1) is 17.8 Å². The fraction of sp³-hybridized carbons (Fsp3) is 0.462. The Labute approximate surface area is 93.3 Å². The van der Waals surface area contributed by atoms with Gasteiger partial charge in [0, 0.05) is 24.2 Å². The summed E-state index contributed by atoms with van der Waals surface area (Å²) in [6.07, 6.45) is 0.534. The first kappa shape index (κ1) is 8.90. The number of ketones is 1. The second-order valence-electron chi connectivity index (χ2n) is 4.91. The van der Waals surface area contributed by atoms with Gasteiger partial charge in [0.2, 0.25) is 0 Å². The molecule has 4 rings (SSSR count). The van der Waals surface area contributed by atoms with Crippen LogP contribution in [-0.4, -0.2) is 11.9 Å². The van der Waals surface area contributed by atoms with Gasteiger partial charge in [0.25, 0.3) is 0 Å². The summed E-state index contributed by atoms with van der Waals surface area (Å²) in [5, 5.41) is 0. The molecule has 0 bridgehead atoms. The molecule has 16 heavy (non-hydrogen) atoms. The summed E-state index contributed by atoms with van der Waals surface area (Å²) in [4.78, 5) is 22.5. The van der Waals surface area contributed by atoms with Crippen LogP contribution in [0.3, 0.4) is 0 Å². The Morgan fingerprint density at radius 2 is 1.88 bits per heavy atom.